The van der Waals surface area contributed by atoms with E-state index in [2.05, 4.69) is 28.6 Å². The van der Waals surface area contributed by atoms with E-state index in [1.807, 2.05) is 18.2 Å². The van der Waals surface area contributed by atoms with Crippen LogP contribution in [0.1, 0.15) is 11.7 Å². The van der Waals surface area contributed by atoms with Gasteiger partial charge in [-0.1, -0.05) is 15.9 Å². The number of ether oxygens (including phenoxy) is 1. The molecule has 0 saturated heterocycles. The van der Waals surface area contributed by atoms with Crippen LogP contribution in [0.3, 0.4) is 0 Å². The van der Waals surface area contributed by atoms with Gasteiger partial charge < -0.3 is 9.84 Å². The van der Waals surface area contributed by atoms with E-state index in [0.29, 0.717) is 11.5 Å². The molecule has 0 saturated carbocycles. The largest absolute Gasteiger partial charge is 0.496 e. The molecule has 4 heteroatoms. The zero-order valence-electron chi connectivity index (χ0n) is 7.20. The molecule has 0 aromatic heterocycles. The molecule has 0 aliphatic heterocycles. The Morgan fingerprint density at radius 2 is 2.31 bits per heavy atom. The molecular weight excluding hydrogens is 252 g/mol. The molecule has 0 spiro atoms. The highest BCUT2D eigenvalue weighted by Gasteiger charge is 2.11. The molecule has 1 atom stereocenters. The summed E-state index contributed by atoms with van der Waals surface area (Å²) in [6.45, 7) is 0. The third-order valence-electron chi connectivity index (χ3n) is 1.72. The van der Waals surface area contributed by atoms with Crippen molar-refractivity contribution in [3.8, 4) is 5.75 Å². The van der Waals surface area contributed by atoms with Crippen LogP contribution in [0.4, 0.5) is 0 Å². The van der Waals surface area contributed by atoms with E-state index in [9.17, 15) is 5.11 Å². The summed E-state index contributed by atoms with van der Waals surface area (Å²) < 4.78 is 6.03. The lowest BCUT2D eigenvalue weighted by atomic mass is 10.1. The van der Waals surface area contributed by atoms with Crippen molar-refractivity contribution in [2.24, 2.45) is 0 Å². The number of aliphatic hydroxyl groups excluding tert-OH is 1. The lowest BCUT2D eigenvalue weighted by molar-refractivity contribution is 0.199. The summed E-state index contributed by atoms with van der Waals surface area (Å²) in [4.78, 5) is 0. The van der Waals surface area contributed by atoms with Crippen LogP contribution in [0.15, 0.2) is 22.7 Å². The summed E-state index contributed by atoms with van der Waals surface area (Å²) in [5.74, 6) is 1.07. The fourth-order valence-corrected chi connectivity index (χ4v) is 1.64. The first-order chi connectivity index (χ1) is 6.19. The Bertz CT molecular complexity index is 291. The fraction of sp³-hybridized carbons (Fsp3) is 0.333. The van der Waals surface area contributed by atoms with Crippen LogP contribution >= 0.6 is 28.6 Å². The van der Waals surface area contributed by atoms with E-state index in [0.717, 1.165) is 10.0 Å². The second-order valence-corrected chi connectivity index (χ2v) is 3.87. The van der Waals surface area contributed by atoms with Crippen molar-refractivity contribution >= 4 is 28.6 Å². The lowest BCUT2D eigenvalue weighted by Gasteiger charge is -2.12. The highest BCUT2D eigenvalue weighted by Crippen LogP contribution is 2.28. The van der Waals surface area contributed by atoms with Crippen LogP contribution < -0.4 is 4.74 Å². The van der Waals surface area contributed by atoms with E-state index in [1.54, 1.807) is 7.11 Å². The molecule has 0 radical (unpaired) electrons. The van der Waals surface area contributed by atoms with E-state index < -0.39 is 6.10 Å². The van der Waals surface area contributed by atoms with Crippen molar-refractivity contribution in [1.29, 1.82) is 0 Å². The highest BCUT2D eigenvalue weighted by atomic mass is 79.9. The zero-order chi connectivity index (χ0) is 9.84. The lowest BCUT2D eigenvalue weighted by Crippen LogP contribution is -2.01. The first-order valence-corrected chi connectivity index (χ1v) is 5.24. The Morgan fingerprint density at radius 3 is 2.85 bits per heavy atom. The number of hydrogen-bond acceptors (Lipinski definition) is 3. The smallest absolute Gasteiger partial charge is 0.124 e. The molecule has 1 rings (SSSR count). The van der Waals surface area contributed by atoms with E-state index in [1.165, 1.54) is 0 Å². The maximum Gasteiger partial charge on any atom is 0.124 e. The molecular formula is C9H11BrO2S. The van der Waals surface area contributed by atoms with E-state index in [-0.39, 0.29) is 0 Å². The zero-order valence-corrected chi connectivity index (χ0v) is 9.68. The number of benzene rings is 1. The third kappa shape index (κ3) is 2.62. The molecule has 0 aliphatic carbocycles. The van der Waals surface area contributed by atoms with Gasteiger partial charge in [0.2, 0.25) is 0 Å². The molecule has 1 unspecified atom stereocenters. The van der Waals surface area contributed by atoms with Gasteiger partial charge >= 0.3 is 0 Å². The van der Waals surface area contributed by atoms with Crippen LogP contribution in [-0.4, -0.2) is 18.0 Å². The minimum absolute atomic E-state index is 0.382. The van der Waals surface area contributed by atoms with Crippen LogP contribution in [-0.2, 0) is 0 Å². The third-order valence-corrected chi connectivity index (χ3v) is 2.56. The van der Waals surface area contributed by atoms with Crippen molar-refractivity contribution < 1.29 is 9.84 Å². The van der Waals surface area contributed by atoms with Gasteiger partial charge in [-0.15, -0.1) is 0 Å². The normalized spacial score (nSPS) is 12.6. The quantitative estimate of drug-likeness (QED) is 0.820. The summed E-state index contributed by atoms with van der Waals surface area (Å²) in [6, 6.07) is 5.51. The summed E-state index contributed by atoms with van der Waals surface area (Å²) in [5.41, 5.74) is 0.756. The minimum Gasteiger partial charge on any atom is -0.496 e. The van der Waals surface area contributed by atoms with Crippen LogP contribution in [0.2, 0.25) is 0 Å². The van der Waals surface area contributed by atoms with Crippen LogP contribution in [0, 0.1) is 0 Å². The van der Waals surface area contributed by atoms with Crippen LogP contribution in [0.25, 0.3) is 0 Å². The van der Waals surface area contributed by atoms with Crippen LogP contribution in [0.5, 0.6) is 5.75 Å². The Kier molecular flexibility index (Phi) is 4.09. The van der Waals surface area contributed by atoms with Crippen molar-refractivity contribution in [2.45, 2.75) is 6.10 Å². The molecule has 0 heterocycles. The van der Waals surface area contributed by atoms with Crippen molar-refractivity contribution in [2.75, 3.05) is 12.9 Å². The van der Waals surface area contributed by atoms with Gasteiger partial charge in [-0.3, -0.25) is 0 Å². The summed E-state index contributed by atoms with van der Waals surface area (Å²) >= 11 is 7.36. The Labute approximate surface area is 91.5 Å². The SMILES string of the molecule is COc1ccc(Br)cc1C(O)CS. The average Bonchev–Trinajstić information content (AvgIpc) is 2.16. The molecule has 1 aromatic carbocycles. The number of thiol groups is 1. The number of aliphatic hydroxyl groups is 1. The Morgan fingerprint density at radius 1 is 1.62 bits per heavy atom. The first-order valence-electron chi connectivity index (χ1n) is 3.81. The molecule has 72 valence electrons. The molecule has 0 fully saturated rings. The van der Waals surface area contributed by atoms with Gasteiger partial charge in [0.1, 0.15) is 5.75 Å². The number of methoxy groups -OCH3 is 1. The summed E-state index contributed by atoms with van der Waals surface area (Å²) in [5, 5.41) is 9.59. The Hall–Kier alpha value is -0.190. The molecule has 13 heavy (non-hydrogen) atoms. The van der Waals surface area contributed by atoms with Gasteiger partial charge in [-0.25, -0.2) is 0 Å². The number of halogens is 1. The maximum absolute atomic E-state index is 9.59. The van der Waals surface area contributed by atoms with Gasteiger partial charge in [0, 0.05) is 15.8 Å². The number of hydrogen-bond donors (Lipinski definition) is 2. The van der Waals surface area contributed by atoms with Gasteiger partial charge in [-0.05, 0) is 18.2 Å². The summed E-state index contributed by atoms with van der Waals surface area (Å²) in [7, 11) is 1.58. The minimum atomic E-state index is -0.587. The molecule has 0 bridgehead atoms. The van der Waals surface area contributed by atoms with Crippen molar-refractivity contribution in [3.63, 3.8) is 0 Å². The topological polar surface area (TPSA) is 29.5 Å². The fourth-order valence-electron chi connectivity index (χ4n) is 1.06. The average molecular weight is 263 g/mol. The second-order valence-electron chi connectivity index (χ2n) is 2.58. The maximum atomic E-state index is 9.59. The summed E-state index contributed by atoms with van der Waals surface area (Å²) in [6.07, 6.45) is -0.587. The first kappa shape index (κ1) is 10.9. The Balaban J connectivity index is 3.07. The number of rotatable bonds is 3. The predicted molar refractivity (Wildman–Crippen MR) is 59.5 cm³/mol. The molecule has 0 amide bonds. The molecule has 1 N–H and O–H groups in total. The second kappa shape index (κ2) is 4.88. The van der Waals surface area contributed by atoms with Gasteiger partial charge in [0.15, 0.2) is 0 Å². The van der Waals surface area contributed by atoms with Crippen molar-refractivity contribution in [3.05, 3.63) is 28.2 Å². The monoisotopic (exact) mass is 262 g/mol. The molecule has 0 aliphatic rings. The van der Waals surface area contributed by atoms with Gasteiger partial charge in [-0.2, -0.15) is 12.6 Å². The standard InChI is InChI=1S/C9H11BrO2S/c1-12-9-3-2-6(10)4-7(9)8(11)5-13/h2-4,8,11,13H,5H2,1H3. The molecule has 2 nitrogen and oxygen atoms in total. The predicted octanol–water partition coefficient (Wildman–Crippen LogP) is 2.42. The van der Waals surface area contributed by atoms with E-state index >= 15 is 0 Å². The molecule has 1 aromatic rings. The van der Waals surface area contributed by atoms with Crippen molar-refractivity contribution in [1.82, 2.24) is 0 Å². The van der Waals surface area contributed by atoms with Gasteiger partial charge in [0.25, 0.3) is 0 Å². The van der Waals surface area contributed by atoms with Gasteiger partial charge in [0.05, 0.1) is 13.2 Å². The highest BCUT2D eigenvalue weighted by molar-refractivity contribution is 9.10. The van der Waals surface area contributed by atoms with E-state index in [4.69, 9.17) is 4.74 Å².